The number of nitrogens with zero attached hydrogens (tertiary/aromatic N) is 2. The molecule has 1 aromatic carbocycles. The zero-order chi connectivity index (χ0) is 20.1. The summed E-state index contributed by atoms with van der Waals surface area (Å²) in [5.41, 5.74) is 0.535. The van der Waals surface area contributed by atoms with E-state index in [4.69, 9.17) is 20.8 Å². The maximum absolute atomic E-state index is 12.1. The van der Waals surface area contributed by atoms with Gasteiger partial charge in [-0.25, -0.2) is 4.79 Å². The highest BCUT2D eigenvalue weighted by molar-refractivity contribution is 7.13. The van der Waals surface area contributed by atoms with E-state index in [9.17, 15) is 14.4 Å². The maximum Gasteiger partial charge on any atom is 0.437 e. The van der Waals surface area contributed by atoms with Crippen LogP contribution in [0.2, 0.25) is 5.02 Å². The fourth-order valence-electron chi connectivity index (χ4n) is 2.23. The first-order valence-corrected chi connectivity index (χ1v) is 9.56. The van der Waals surface area contributed by atoms with Crippen LogP contribution in [0.25, 0.3) is 10.8 Å². The Morgan fingerprint density at radius 3 is 2.75 bits per heavy atom. The molecule has 1 amide bonds. The Balaban J connectivity index is 1.50. The normalized spacial score (nSPS) is 11.8. The number of ether oxygens (including phenoxy) is 1. The molecule has 10 heteroatoms. The summed E-state index contributed by atoms with van der Waals surface area (Å²) >= 11 is 7.17. The zero-order valence-corrected chi connectivity index (χ0v) is 16.3. The van der Waals surface area contributed by atoms with Gasteiger partial charge in [-0.05, 0) is 42.6 Å². The lowest BCUT2D eigenvalue weighted by atomic mass is 10.3. The van der Waals surface area contributed by atoms with Gasteiger partial charge in [0.15, 0.2) is 6.10 Å². The molecule has 0 fully saturated rings. The van der Waals surface area contributed by atoms with Gasteiger partial charge in [0.25, 0.3) is 11.8 Å². The Bertz CT molecular complexity index is 1010. The lowest BCUT2D eigenvalue weighted by Gasteiger charge is -2.13. The number of anilines is 1. The molecule has 1 N–H and O–H groups in total. The third kappa shape index (κ3) is 5.08. The quantitative estimate of drug-likeness (QED) is 0.587. The van der Waals surface area contributed by atoms with Crippen LogP contribution in [0.15, 0.2) is 51.0 Å². The molecule has 2 heterocycles. The van der Waals surface area contributed by atoms with Crippen molar-refractivity contribution in [3.8, 4) is 10.8 Å². The molecule has 146 valence electrons. The molecule has 3 rings (SSSR count). The highest BCUT2D eigenvalue weighted by Crippen LogP contribution is 2.21. The Labute approximate surface area is 168 Å². The lowest BCUT2D eigenvalue weighted by Crippen LogP contribution is -2.30. The molecule has 3 aromatic rings. The van der Waals surface area contributed by atoms with Crippen LogP contribution in [0.1, 0.15) is 13.3 Å². The molecule has 1 unspecified atom stereocenters. The number of carbonyl (C=O) groups excluding carboxylic acids is 2. The molecule has 1 atom stereocenters. The highest BCUT2D eigenvalue weighted by Gasteiger charge is 2.19. The molecule has 0 aliphatic rings. The summed E-state index contributed by atoms with van der Waals surface area (Å²) in [4.78, 5) is 36.6. The van der Waals surface area contributed by atoms with Crippen molar-refractivity contribution in [3.05, 3.63) is 57.4 Å². The van der Waals surface area contributed by atoms with Gasteiger partial charge >= 0.3 is 11.7 Å². The Hall–Kier alpha value is -2.91. The molecular weight excluding hydrogens is 406 g/mol. The van der Waals surface area contributed by atoms with E-state index in [1.54, 1.807) is 30.3 Å². The van der Waals surface area contributed by atoms with Crippen LogP contribution >= 0.6 is 22.9 Å². The van der Waals surface area contributed by atoms with Crippen molar-refractivity contribution < 1.29 is 18.7 Å². The number of aromatic nitrogens is 2. The average Bonchev–Trinajstić information content (AvgIpc) is 3.31. The van der Waals surface area contributed by atoms with Crippen LogP contribution in [0, 0.1) is 0 Å². The van der Waals surface area contributed by atoms with E-state index in [0.29, 0.717) is 15.6 Å². The number of halogens is 1. The predicted molar refractivity (Wildman–Crippen MR) is 104 cm³/mol. The fourth-order valence-corrected chi connectivity index (χ4v) is 3.00. The SMILES string of the molecule is CC(OC(=O)CCn1nc(-c2cccs2)oc1=O)C(=O)Nc1ccc(Cl)cc1. The molecule has 0 aliphatic heterocycles. The van der Waals surface area contributed by atoms with E-state index < -0.39 is 23.7 Å². The molecule has 0 saturated carbocycles. The number of thiophene rings is 1. The van der Waals surface area contributed by atoms with Crippen molar-refractivity contribution in [2.75, 3.05) is 5.32 Å². The van der Waals surface area contributed by atoms with Crippen molar-refractivity contribution in [1.29, 1.82) is 0 Å². The standard InChI is InChI=1S/C18H16ClN3O5S/c1-11(16(24)20-13-6-4-12(19)5-7-13)26-15(23)8-9-22-18(25)27-17(21-22)14-3-2-10-28-14/h2-7,10-11H,8-9H2,1H3,(H,20,24). The van der Waals surface area contributed by atoms with Gasteiger partial charge in [0.1, 0.15) is 0 Å². The third-order valence-corrected chi connectivity index (χ3v) is 4.77. The number of nitrogens with one attached hydrogen (secondary N) is 1. The van der Waals surface area contributed by atoms with Gasteiger partial charge in [-0.15, -0.1) is 16.4 Å². The van der Waals surface area contributed by atoms with Gasteiger partial charge in [-0.3, -0.25) is 9.59 Å². The minimum absolute atomic E-state index is 0.0158. The van der Waals surface area contributed by atoms with Crippen LogP contribution < -0.4 is 11.1 Å². The number of benzene rings is 1. The second-order valence-corrected chi connectivity index (χ2v) is 7.14. The zero-order valence-electron chi connectivity index (χ0n) is 14.8. The summed E-state index contributed by atoms with van der Waals surface area (Å²) in [5, 5.41) is 9.05. The van der Waals surface area contributed by atoms with Gasteiger partial charge in [0.05, 0.1) is 17.8 Å². The van der Waals surface area contributed by atoms with Crippen LogP contribution in [0.4, 0.5) is 5.69 Å². The molecule has 0 spiro atoms. The molecule has 0 saturated heterocycles. The first-order chi connectivity index (χ1) is 13.4. The smallest absolute Gasteiger partial charge is 0.437 e. The average molecular weight is 422 g/mol. The number of carbonyl (C=O) groups is 2. The topological polar surface area (TPSA) is 103 Å². The summed E-state index contributed by atoms with van der Waals surface area (Å²) in [6.45, 7) is 1.44. The van der Waals surface area contributed by atoms with Gasteiger partial charge in [-0.2, -0.15) is 4.68 Å². The lowest BCUT2D eigenvalue weighted by molar-refractivity contribution is -0.153. The van der Waals surface area contributed by atoms with Crippen molar-refractivity contribution in [2.45, 2.75) is 26.0 Å². The largest absolute Gasteiger partial charge is 0.452 e. The van der Waals surface area contributed by atoms with Gasteiger partial charge < -0.3 is 14.5 Å². The molecule has 0 bridgehead atoms. The van der Waals surface area contributed by atoms with Crippen LogP contribution in [-0.2, 0) is 20.9 Å². The number of hydrogen-bond acceptors (Lipinski definition) is 7. The first kappa shape index (κ1) is 19.8. The number of hydrogen-bond donors (Lipinski definition) is 1. The summed E-state index contributed by atoms with van der Waals surface area (Å²) < 4.78 is 11.2. The van der Waals surface area contributed by atoms with E-state index in [-0.39, 0.29) is 18.9 Å². The number of amides is 1. The summed E-state index contributed by atoms with van der Waals surface area (Å²) in [6.07, 6.45) is -1.13. The Morgan fingerprint density at radius 1 is 1.32 bits per heavy atom. The maximum atomic E-state index is 12.1. The highest BCUT2D eigenvalue weighted by atomic mass is 35.5. The van der Waals surface area contributed by atoms with Crippen LogP contribution in [0.5, 0.6) is 0 Å². The first-order valence-electron chi connectivity index (χ1n) is 8.30. The van der Waals surface area contributed by atoms with E-state index in [1.165, 1.54) is 18.3 Å². The van der Waals surface area contributed by atoms with E-state index in [0.717, 1.165) is 4.68 Å². The van der Waals surface area contributed by atoms with Crippen molar-refractivity contribution in [1.82, 2.24) is 9.78 Å². The third-order valence-electron chi connectivity index (χ3n) is 3.66. The number of aryl methyl sites for hydroxylation is 1. The van der Waals surface area contributed by atoms with Crippen molar-refractivity contribution >= 4 is 40.5 Å². The summed E-state index contributed by atoms with van der Waals surface area (Å²) in [5.74, 6) is -1.57. The van der Waals surface area contributed by atoms with Crippen LogP contribution in [-0.4, -0.2) is 27.8 Å². The molecular formula is C18H16ClN3O5S. The Morgan fingerprint density at radius 2 is 2.07 bits per heavy atom. The van der Waals surface area contributed by atoms with Gasteiger partial charge in [-0.1, -0.05) is 17.7 Å². The van der Waals surface area contributed by atoms with Crippen molar-refractivity contribution in [2.24, 2.45) is 0 Å². The fraction of sp³-hybridized carbons (Fsp3) is 0.222. The van der Waals surface area contributed by atoms with E-state index in [2.05, 4.69) is 10.4 Å². The monoisotopic (exact) mass is 421 g/mol. The minimum Gasteiger partial charge on any atom is -0.452 e. The molecule has 0 radical (unpaired) electrons. The van der Waals surface area contributed by atoms with E-state index >= 15 is 0 Å². The molecule has 2 aromatic heterocycles. The number of rotatable bonds is 7. The van der Waals surface area contributed by atoms with E-state index in [1.807, 2.05) is 11.4 Å². The summed E-state index contributed by atoms with van der Waals surface area (Å²) in [7, 11) is 0. The second kappa shape index (κ2) is 8.85. The molecule has 8 nitrogen and oxygen atoms in total. The van der Waals surface area contributed by atoms with Crippen molar-refractivity contribution in [3.63, 3.8) is 0 Å². The predicted octanol–water partition coefficient (Wildman–Crippen LogP) is 3.18. The number of esters is 1. The van der Waals surface area contributed by atoms with Gasteiger partial charge in [0.2, 0.25) is 0 Å². The molecule has 28 heavy (non-hydrogen) atoms. The Kier molecular flexibility index (Phi) is 6.27. The van der Waals surface area contributed by atoms with Gasteiger partial charge in [0, 0.05) is 10.7 Å². The second-order valence-electron chi connectivity index (χ2n) is 5.75. The minimum atomic E-state index is -1.00. The summed E-state index contributed by atoms with van der Waals surface area (Å²) in [6, 6.07) is 10.1. The molecule has 0 aliphatic carbocycles. The van der Waals surface area contributed by atoms with Crippen LogP contribution in [0.3, 0.4) is 0 Å².